The first-order chi connectivity index (χ1) is 10.2. The molecule has 0 saturated carbocycles. The van der Waals surface area contributed by atoms with Crippen LogP contribution in [0.3, 0.4) is 0 Å². The maximum atomic E-state index is 4.36. The van der Waals surface area contributed by atoms with Crippen LogP contribution < -0.4 is 10.6 Å². The number of hydrogen-bond donors (Lipinski definition) is 2. The van der Waals surface area contributed by atoms with E-state index in [9.17, 15) is 0 Å². The van der Waals surface area contributed by atoms with E-state index in [0.717, 1.165) is 44.1 Å². The molecule has 0 radical (unpaired) electrons. The molecular weight excluding hydrogens is 391 g/mol. The van der Waals surface area contributed by atoms with Gasteiger partial charge in [-0.2, -0.15) is 0 Å². The fraction of sp³-hybridized carbons (Fsp3) is 0.800. The van der Waals surface area contributed by atoms with Crippen LogP contribution in [0.2, 0.25) is 0 Å². The summed E-state index contributed by atoms with van der Waals surface area (Å²) < 4.78 is 2.33. The van der Waals surface area contributed by atoms with Crippen LogP contribution in [0.25, 0.3) is 0 Å². The summed E-state index contributed by atoms with van der Waals surface area (Å²) in [6, 6.07) is 0.392. The van der Waals surface area contributed by atoms with Crippen molar-refractivity contribution in [2.24, 2.45) is 4.99 Å². The first-order valence-electron chi connectivity index (χ1n) is 8.09. The third-order valence-electron chi connectivity index (χ3n) is 3.70. The van der Waals surface area contributed by atoms with Gasteiger partial charge in [0.25, 0.3) is 0 Å². The van der Waals surface area contributed by atoms with Gasteiger partial charge < -0.3 is 15.2 Å². The van der Waals surface area contributed by atoms with E-state index in [1.807, 2.05) is 0 Å². The quantitative estimate of drug-likeness (QED) is 0.332. The molecule has 0 bridgehead atoms. The van der Waals surface area contributed by atoms with E-state index in [1.54, 1.807) is 7.05 Å². The van der Waals surface area contributed by atoms with Crippen LogP contribution in [0.15, 0.2) is 4.99 Å². The maximum Gasteiger partial charge on any atom is 0.191 e. The fourth-order valence-corrected chi connectivity index (χ4v) is 2.65. The van der Waals surface area contributed by atoms with Gasteiger partial charge in [0.05, 0.1) is 0 Å². The average molecular weight is 420 g/mol. The molecule has 1 aromatic heterocycles. The SMILES string of the molecule is CN=C(NCCCc1nnc2n1CCCCC2)NC(C)C.I. The molecule has 0 spiro atoms. The van der Waals surface area contributed by atoms with Crippen LogP contribution >= 0.6 is 24.0 Å². The van der Waals surface area contributed by atoms with Crippen molar-refractivity contribution in [1.29, 1.82) is 0 Å². The van der Waals surface area contributed by atoms with E-state index in [2.05, 4.69) is 44.2 Å². The van der Waals surface area contributed by atoms with Gasteiger partial charge in [-0.05, 0) is 33.1 Å². The Kier molecular flexibility index (Phi) is 8.74. The summed E-state index contributed by atoms with van der Waals surface area (Å²) >= 11 is 0. The Hall–Kier alpha value is -0.860. The molecule has 22 heavy (non-hydrogen) atoms. The van der Waals surface area contributed by atoms with Gasteiger partial charge >= 0.3 is 0 Å². The third kappa shape index (κ3) is 5.73. The number of rotatable bonds is 5. The van der Waals surface area contributed by atoms with Gasteiger partial charge in [-0.25, -0.2) is 0 Å². The summed E-state index contributed by atoms with van der Waals surface area (Å²) in [7, 11) is 1.80. The predicted octanol–water partition coefficient (Wildman–Crippen LogP) is 2.13. The lowest BCUT2D eigenvalue weighted by Gasteiger charge is -2.14. The lowest BCUT2D eigenvalue weighted by atomic mass is 10.2. The number of hydrogen-bond acceptors (Lipinski definition) is 3. The summed E-state index contributed by atoms with van der Waals surface area (Å²) in [6.07, 6.45) is 6.89. The van der Waals surface area contributed by atoms with Crippen molar-refractivity contribution in [3.05, 3.63) is 11.6 Å². The molecule has 1 aliphatic rings. The molecule has 6 nitrogen and oxygen atoms in total. The highest BCUT2D eigenvalue weighted by atomic mass is 127. The molecule has 1 aliphatic heterocycles. The largest absolute Gasteiger partial charge is 0.356 e. The molecular formula is C15H29IN6. The molecule has 0 saturated heterocycles. The number of aromatic nitrogens is 3. The summed E-state index contributed by atoms with van der Waals surface area (Å²) in [5.41, 5.74) is 0. The molecule has 2 rings (SSSR count). The summed E-state index contributed by atoms with van der Waals surface area (Å²) in [5, 5.41) is 15.3. The first kappa shape index (κ1) is 19.2. The van der Waals surface area contributed by atoms with Crippen molar-refractivity contribution in [1.82, 2.24) is 25.4 Å². The number of halogens is 1. The van der Waals surface area contributed by atoms with E-state index in [-0.39, 0.29) is 24.0 Å². The smallest absolute Gasteiger partial charge is 0.191 e. The van der Waals surface area contributed by atoms with Crippen LogP contribution in [0.5, 0.6) is 0 Å². The second-order valence-corrected chi connectivity index (χ2v) is 5.90. The zero-order chi connectivity index (χ0) is 15.1. The molecule has 126 valence electrons. The highest BCUT2D eigenvalue weighted by molar-refractivity contribution is 14.0. The Bertz CT molecular complexity index is 469. The average Bonchev–Trinajstić information content (AvgIpc) is 2.69. The van der Waals surface area contributed by atoms with Crippen molar-refractivity contribution in [2.75, 3.05) is 13.6 Å². The second kappa shape index (κ2) is 10.0. The summed E-state index contributed by atoms with van der Waals surface area (Å²) in [6.45, 7) is 6.20. The molecule has 7 heteroatoms. The van der Waals surface area contributed by atoms with Gasteiger partial charge in [0, 0.05) is 39.0 Å². The second-order valence-electron chi connectivity index (χ2n) is 5.90. The lowest BCUT2D eigenvalue weighted by molar-refractivity contribution is 0.593. The van der Waals surface area contributed by atoms with E-state index in [4.69, 9.17) is 0 Å². The molecule has 0 aliphatic carbocycles. The van der Waals surface area contributed by atoms with E-state index in [0.29, 0.717) is 6.04 Å². The van der Waals surface area contributed by atoms with E-state index < -0.39 is 0 Å². The van der Waals surface area contributed by atoms with Gasteiger partial charge in [-0.3, -0.25) is 4.99 Å². The molecule has 0 aromatic carbocycles. The molecule has 2 heterocycles. The van der Waals surface area contributed by atoms with Gasteiger partial charge in [0.2, 0.25) is 0 Å². The Labute approximate surface area is 150 Å². The van der Waals surface area contributed by atoms with Crippen LogP contribution in [0, 0.1) is 0 Å². The number of nitrogens with one attached hydrogen (secondary N) is 2. The van der Waals surface area contributed by atoms with Crippen molar-refractivity contribution in [2.45, 2.75) is 65.0 Å². The van der Waals surface area contributed by atoms with Gasteiger partial charge in [0.15, 0.2) is 5.96 Å². The molecule has 0 atom stereocenters. The Morgan fingerprint density at radius 1 is 1.27 bits per heavy atom. The minimum Gasteiger partial charge on any atom is -0.356 e. The lowest BCUT2D eigenvalue weighted by Crippen LogP contribution is -2.41. The van der Waals surface area contributed by atoms with Gasteiger partial charge in [-0.15, -0.1) is 34.2 Å². The molecule has 0 unspecified atom stereocenters. The fourth-order valence-electron chi connectivity index (χ4n) is 2.65. The summed E-state index contributed by atoms with van der Waals surface area (Å²) in [5.74, 6) is 3.18. The number of fused-ring (bicyclic) bond motifs is 1. The number of guanidine groups is 1. The Morgan fingerprint density at radius 2 is 2.09 bits per heavy atom. The minimum absolute atomic E-state index is 0. The highest BCUT2D eigenvalue weighted by Crippen LogP contribution is 2.15. The van der Waals surface area contributed by atoms with Crippen LogP contribution in [-0.4, -0.2) is 40.4 Å². The van der Waals surface area contributed by atoms with Crippen LogP contribution in [0.4, 0.5) is 0 Å². The normalized spacial score (nSPS) is 15.0. The van der Waals surface area contributed by atoms with Crippen molar-refractivity contribution in [3.8, 4) is 0 Å². The monoisotopic (exact) mass is 420 g/mol. The zero-order valence-corrected chi connectivity index (χ0v) is 16.3. The van der Waals surface area contributed by atoms with E-state index >= 15 is 0 Å². The van der Waals surface area contributed by atoms with Gasteiger partial charge in [-0.1, -0.05) is 6.42 Å². The molecule has 2 N–H and O–H groups in total. The molecule has 0 amide bonds. The van der Waals surface area contributed by atoms with Crippen LogP contribution in [0.1, 0.15) is 51.2 Å². The Morgan fingerprint density at radius 3 is 2.82 bits per heavy atom. The predicted molar refractivity (Wildman–Crippen MR) is 101 cm³/mol. The standard InChI is InChI=1S/C15H28N6.HI/c1-12(2)18-15(16-3)17-10-7-9-14-20-19-13-8-5-4-6-11-21(13)14;/h12H,4-11H2,1-3H3,(H2,16,17,18);1H. The van der Waals surface area contributed by atoms with Crippen LogP contribution in [-0.2, 0) is 19.4 Å². The number of nitrogens with zero attached hydrogens (tertiary/aromatic N) is 4. The third-order valence-corrected chi connectivity index (χ3v) is 3.70. The van der Waals surface area contributed by atoms with E-state index in [1.165, 1.54) is 25.1 Å². The molecule has 0 fully saturated rings. The van der Waals surface area contributed by atoms with Crippen molar-refractivity contribution < 1.29 is 0 Å². The zero-order valence-electron chi connectivity index (χ0n) is 13.9. The number of aryl methyl sites for hydroxylation is 2. The Balaban J connectivity index is 0.00000242. The van der Waals surface area contributed by atoms with Crippen molar-refractivity contribution in [3.63, 3.8) is 0 Å². The maximum absolute atomic E-state index is 4.36. The first-order valence-corrected chi connectivity index (χ1v) is 8.09. The summed E-state index contributed by atoms with van der Waals surface area (Å²) in [4.78, 5) is 4.21. The topological polar surface area (TPSA) is 67.1 Å². The number of aliphatic imine (C=N–C) groups is 1. The minimum atomic E-state index is 0. The van der Waals surface area contributed by atoms with Gasteiger partial charge in [0.1, 0.15) is 11.6 Å². The highest BCUT2D eigenvalue weighted by Gasteiger charge is 2.14. The van der Waals surface area contributed by atoms with Crippen molar-refractivity contribution >= 4 is 29.9 Å². The molecule has 1 aromatic rings.